The van der Waals surface area contributed by atoms with E-state index < -0.39 is 0 Å². The molecule has 2 saturated heterocycles. The summed E-state index contributed by atoms with van der Waals surface area (Å²) in [7, 11) is 1.92. The molecular weight excluding hydrogens is 478 g/mol. The molecule has 3 aromatic rings. The number of allylic oxidation sites excluding steroid dienone is 1. The van der Waals surface area contributed by atoms with Gasteiger partial charge < -0.3 is 15.0 Å². The first-order valence-electron chi connectivity index (χ1n) is 13.5. The van der Waals surface area contributed by atoms with Crippen LogP contribution in [0.5, 0.6) is 5.75 Å². The van der Waals surface area contributed by atoms with E-state index in [0.29, 0.717) is 18.6 Å². The summed E-state index contributed by atoms with van der Waals surface area (Å²) < 4.78 is 8.12. The summed E-state index contributed by atoms with van der Waals surface area (Å²) in [5.74, 6) is 2.14. The highest BCUT2D eigenvalue weighted by atomic mass is 16.5. The maximum absolute atomic E-state index is 12.2. The molecule has 198 valence electrons. The molecule has 9 nitrogen and oxygen atoms in total. The fourth-order valence-corrected chi connectivity index (χ4v) is 6.07. The van der Waals surface area contributed by atoms with Crippen molar-refractivity contribution in [3.8, 4) is 16.9 Å². The number of nitrogens with zero attached hydrogens (tertiary/aromatic N) is 6. The molecule has 3 aliphatic heterocycles. The first kappa shape index (κ1) is 24.6. The Hall–Kier alpha value is -3.72. The molecular formula is C29H35N7O2. The van der Waals surface area contributed by atoms with Crippen molar-refractivity contribution >= 4 is 17.4 Å². The lowest BCUT2D eigenvalue weighted by molar-refractivity contribution is -0.125. The van der Waals surface area contributed by atoms with Crippen LogP contribution < -0.4 is 10.1 Å². The van der Waals surface area contributed by atoms with Gasteiger partial charge in [-0.3, -0.25) is 19.4 Å². The van der Waals surface area contributed by atoms with Gasteiger partial charge in [0.15, 0.2) is 5.75 Å². The monoisotopic (exact) mass is 513 g/mol. The van der Waals surface area contributed by atoms with E-state index in [1.165, 1.54) is 0 Å². The largest absolute Gasteiger partial charge is 0.485 e. The van der Waals surface area contributed by atoms with Crippen LogP contribution in [-0.2, 0) is 18.4 Å². The van der Waals surface area contributed by atoms with Crippen molar-refractivity contribution in [2.75, 3.05) is 31.5 Å². The zero-order chi connectivity index (χ0) is 26.2. The van der Waals surface area contributed by atoms with E-state index in [4.69, 9.17) is 9.72 Å². The number of aromatic nitrogens is 4. The quantitative estimate of drug-likeness (QED) is 0.524. The van der Waals surface area contributed by atoms with Gasteiger partial charge in [0, 0.05) is 61.3 Å². The molecule has 0 saturated carbocycles. The van der Waals surface area contributed by atoms with Crippen LogP contribution in [-0.4, -0.2) is 67.7 Å². The highest BCUT2D eigenvalue weighted by molar-refractivity contribution is 5.87. The fraction of sp³-hybridized carbons (Fsp3) is 0.448. The lowest BCUT2D eigenvalue weighted by Gasteiger charge is -2.36. The third kappa shape index (κ3) is 4.67. The average Bonchev–Trinajstić information content (AvgIpc) is 3.54. The van der Waals surface area contributed by atoms with Crippen molar-refractivity contribution in [3.05, 3.63) is 59.8 Å². The zero-order valence-corrected chi connectivity index (χ0v) is 22.4. The third-order valence-corrected chi connectivity index (χ3v) is 8.10. The molecule has 1 amide bonds. The summed E-state index contributed by atoms with van der Waals surface area (Å²) in [5.41, 5.74) is 6.07. The Morgan fingerprint density at radius 1 is 1.21 bits per heavy atom. The van der Waals surface area contributed by atoms with Gasteiger partial charge in [-0.25, -0.2) is 4.98 Å². The highest BCUT2D eigenvalue weighted by Gasteiger charge is 2.33. The Balaban J connectivity index is 1.17. The number of rotatable bonds is 4. The summed E-state index contributed by atoms with van der Waals surface area (Å²) >= 11 is 0. The predicted octanol–water partition coefficient (Wildman–Crippen LogP) is 4.18. The van der Waals surface area contributed by atoms with Crippen LogP contribution >= 0.6 is 0 Å². The van der Waals surface area contributed by atoms with E-state index in [-0.39, 0.29) is 5.91 Å². The topological polar surface area (TPSA) is 88.4 Å². The third-order valence-electron chi connectivity index (χ3n) is 8.10. The number of hydrogen-bond acceptors (Lipinski definition) is 7. The van der Waals surface area contributed by atoms with Crippen molar-refractivity contribution in [2.24, 2.45) is 7.05 Å². The number of piperidine rings is 1. The molecule has 6 rings (SSSR count). The van der Waals surface area contributed by atoms with Crippen LogP contribution in [0.4, 0.5) is 11.5 Å². The molecule has 0 spiro atoms. The molecule has 0 radical (unpaired) electrons. The molecule has 3 aromatic heterocycles. The molecule has 38 heavy (non-hydrogen) atoms. The van der Waals surface area contributed by atoms with Crippen LogP contribution in [0.15, 0.2) is 42.9 Å². The minimum absolute atomic E-state index is 0.132. The number of amides is 1. The van der Waals surface area contributed by atoms with Gasteiger partial charge in [-0.05, 0) is 70.0 Å². The van der Waals surface area contributed by atoms with Gasteiger partial charge in [-0.15, -0.1) is 0 Å². The number of carbonyl (C=O) groups is 1. The maximum Gasteiger partial charge on any atom is 0.246 e. The number of ether oxygens (including phenoxy) is 1. The number of fused-ring (bicyclic) bond motifs is 2. The summed E-state index contributed by atoms with van der Waals surface area (Å²) in [4.78, 5) is 26.4. The molecule has 0 aliphatic carbocycles. The number of pyridine rings is 2. The Labute approximate surface area is 223 Å². The number of nitrogens with one attached hydrogen (secondary N) is 1. The Morgan fingerprint density at radius 2 is 2.05 bits per heavy atom. The molecule has 6 heterocycles. The molecule has 0 aromatic carbocycles. The van der Waals surface area contributed by atoms with E-state index in [1.54, 1.807) is 10.8 Å². The van der Waals surface area contributed by atoms with Crippen molar-refractivity contribution in [1.82, 2.24) is 29.5 Å². The van der Waals surface area contributed by atoms with Gasteiger partial charge in [0.1, 0.15) is 12.4 Å². The van der Waals surface area contributed by atoms with Crippen LogP contribution in [0, 0.1) is 6.92 Å². The lowest BCUT2D eigenvalue weighted by Crippen LogP contribution is -2.43. The lowest BCUT2D eigenvalue weighted by atomic mass is 9.91. The number of likely N-dealkylation sites (tertiary alicyclic amines) is 2. The van der Waals surface area contributed by atoms with Crippen molar-refractivity contribution in [1.29, 1.82) is 0 Å². The van der Waals surface area contributed by atoms with E-state index in [9.17, 15) is 4.79 Å². The number of hydrogen-bond donors (Lipinski definition) is 1. The first-order valence-corrected chi connectivity index (χ1v) is 13.5. The number of carbonyl (C=O) groups excluding carboxylic acids is 1. The second-order valence-corrected chi connectivity index (χ2v) is 10.5. The molecule has 9 heteroatoms. The molecule has 0 unspecified atom stereocenters. The Morgan fingerprint density at radius 3 is 2.82 bits per heavy atom. The molecule has 2 fully saturated rings. The Bertz CT molecular complexity index is 1370. The zero-order valence-electron chi connectivity index (χ0n) is 22.4. The number of anilines is 2. The van der Waals surface area contributed by atoms with Gasteiger partial charge in [-0.1, -0.05) is 6.08 Å². The van der Waals surface area contributed by atoms with E-state index >= 15 is 0 Å². The molecule has 0 bridgehead atoms. The van der Waals surface area contributed by atoms with Crippen LogP contribution in [0.1, 0.15) is 49.1 Å². The number of aryl methyl sites for hydroxylation is 2. The van der Waals surface area contributed by atoms with Crippen LogP contribution in [0.2, 0.25) is 0 Å². The van der Waals surface area contributed by atoms with E-state index in [0.717, 1.165) is 90.8 Å². The van der Waals surface area contributed by atoms with E-state index in [1.807, 2.05) is 56.5 Å². The average molecular weight is 514 g/mol. The molecule has 3 aliphatic rings. The van der Waals surface area contributed by atoms with Gasteiger partial charge >= 0.3 is 0 Å². The van der Waals surface area contributed by atoms with E-state index in [2.05, 4.69) is 26.4 Å². The van der Waals surface area contributed by atoms with Crippen molar-refractivity contribution in [2.45, 2.75) is 51.7 Å². The first-order chi connectivity index (χ1) is 18.5. The van der Waals surface area contributed by atoms with Gasteiger partial charge in [0.25, 0.3) is 0 Å². The normalized spacial score (nSPS) is 20.1. The predicted molar refractivity (Wildman–Crippen MR) is 146 cm³/mol. The van der Waals surface area contributed by atoms with Crippen molar-refractivity contribution in [3.63, 3.8) is 0 Å². The maximum atomic E-state index is 12.2. The second kappa shape index (κ2) is 10.2. The summed E-state index contributed by atoms with van der Waals surface area (Å²) in [6.07, 6.45) is 12.4. The van der Waals surface area contributed by atoms with Gasteiger partial charge in [-0.2, -0.15) is 5.10 Å². The fourth-order valence-electron chi connectivity index (χ4n) is 6.07. The summed E-state index contributed by atoms with van der Waals surface area (Å²) in [5, 5.41) is 7.90. The summed E-state index contributed by atoms with van der Waals surface area (Å²) in [6, 6.07) is 4.63. The molecule has 1 atom stereocenters. The van der Waals surface area contributed by atoms with Crippen LogP contribution in [0.25, 0.3) is 11.1 Å². The molecule has 1 N–H and O–H groups in total. The van der Waals surface area contributed by atoms with Crippen LogP contribution in [0.3, 0.4) is 0 Å². The SMILES string of the molecule is C/C=C/C(=O)N1CC[C@H](N2CCC(c3cc4c(c(C)n3)OCc3c(-c5cnn(C)c5)ccnc3N4)CC2)C1. The Kier molecular flexibility index (Phi) is 6.61. The minimum Gasteiger partial charge on any atom is -0.485 e. The van der Waals surface area contributed by atoms with Gasteiger partial charge in [0.05, 0.1) is 17.6 Å². The van der Waals surface area contributed by atoms with Crippen molar-refractivity contribution < 1.29 is 9.53 Å². The standard InChI is InChI=1S/C29H35N7O2/c1-4-5-27(37)36-13-9-22(17-36)35-11-7-20(8-12-35)25-14-26-28(19(2)32-25)38-18-24-23(6-10-30-29(24)33-26)21-15-31-34(3)16-21/h4-6,10,14-16,20,22H,7-9,11-13,17-18H2,1-3H3,(H,30,33)/b5-4+/t22-/m0/s1. The second-order valence-electron chi connectivity index (χ2n) is 10.5. The minimum atomic E-state index is 0.132. The summed E-state index contributed by atoms with van der Waals surface area (Å²) in [6.45, 7) is 8.08. The highest BCUT2D eigenvalue weighted by Crippen LogP contribution is 2.40. The van der Waals surface area contributed by atoms with Gasteiger partial charge in [0.2, 0.25) is 5.91 Å². The smallest absolute Gasteiger partial charge is 0.246 e.